The molecule has 0 radical (unpaired) electrons. The predicted molar refractivity (Wildman–Crippen MR) is 62.6 cm³/mol. The van der Waals surface area contributed by atoms with Crippen LogP contribution in [0.2, 0.25) is 0 Å². The van der Waals surface area contributed by atoms with Gasteiger partial charge in [0.1, 0.15) is 0 Å². The maximum absolute atomic E-state index is 10.7. The third kappa shape index (κ3) is 6.01. The number of ether oxygens (including phenoxy) is 2. The Morgan fingerprint density at radius 1 is 1.29 bits per heavy atom. The number of hydrogen-bond donors (Lipinski definition) is 0. The summed E-state index contributed by atoms with van der Waals surface area (Å²) in [5.41, 5.74) is 2.66. The molecule has 0 amide bonds. The molecule has 0 aliphatic rings. The van der Waals surface area contributed by atoms with Gasteiger partial charge in [0.15, 0.2) is 0 Å². The zero-order valence-corrected chi connectivity index (χ0v) is 10.7. The molecule has 0 unspecified atom stereocenters. The lowest BCUT2D eigenvalue weighted by atomic mass is 10.1. The second-order valence-electron chi connectivity index (χ2n) is 3.66. The largest absolute Gasteiger partial charge is 0.465 e. The second-order valence-corrected chi connectivity index (χ2v) is 4.37. The lowest BCUT2D eigenvalue weighted by Gasteiger charge is -2.15. The average Bonchev–Trinajstić information content (AvgIpc) is 2.74. The first kappa shape index (κ1) is 13.6. The van der Waals surface area contributed by atoms with E-state index in [0.29, 0.717) is 6.42 Å². The number of nitrogens with zero attached hydrogens (tertiary/aromatic N) is 1. The summed E-state index contributed by atoms with van der Waals surface area (Å²) >= 11 is 1.50. The predicted octanol–water partition coefficient (Wildman–Crippen LogP) is 1.43. The van der Waals surface area contributed by atoms with Gasteiger partial charge in [-0.1, -0.05) is 0 Å². The summed E-state index contributed by atoms with van der Waals surface area (Å²) in [7, 11) is 0. The number of hydrogen-bond acceptors (Lipinski definition) is 6. The van der Waals surface area contributed by atoms with Crippen LogP contribution < -0.4 is 0 Å². The van der Waals surface area contributed by atoms with Gasteiger partial charge in [0, 0.05) is 25.1 Å². The summed E-state index contributed by atoms with van der Waals surface area (Å²) in [6.45, 7) is 3.18. The van der Waals surface area contributed by atoms with E-state index in [1.807, 2.05) is 5.38 Å². The highest BCUT2D eigenvalue weighted by molar-refractivity contribution is 7.07. The molecule has 0 aliphatic heterocycles. The fourth-order valence-corrected chi connectivity index (χ4v) is 1.84. The van der Waals surface area contributed by atoms with Crippen LogP contribution in [-0.4, -0.2) is 30.1 Å². The standard InChI is InChI=1S/C11H15NO4S/c1-8(13)15-4-10(5-16-9(2)14)3-11-6-17-7-12-11/h6-7,10H,3-5H2,1-2H3. The maximum Gasteiger partial charge on any atom is 0.302 e. The van der Waals surface area contributed by atoms with Crippen molar-refractivity contribution < 1.29 is 19.1 Å². The summed E-state index contributed by atoms with van der Waals surface area (Å²) < 4.78 is 9.86. The highest BCUT2D eigenvalue weighted by atomic mass is 32.1. The molecule has 0 bridgehead atoms. The third-order valence-electron chi connectivity index (χ3n) is 2.03. The molecule has 1 heterocycles. The van der Waals surface area contributed by atoms with Crippen LogP contribution in [0, 0.1) is 5.92 Å². The van der Waals surface area contributed by atoms with Crippen molar-refractivity contribution in [3.63, 3.8) is 0 Å². The van der Waals surface area contributed by atoms with Crippen molar-refractivity contribution in [2.75, 3.05) is 13.2 Å². The van der Waals surface area contributed by atoms with Gasteiger partial charge in [-0.25, -0.2) is 4.98 Å². The van der Waals surface area contributed by atoms with Crippen LogP contribution in [0.5, 0.6) is 0 Å². The molecule has 0 saturated carbocycles. The van der Waals surface area contributed by atoms with Gasteiger partial charge in [0.2, 0.25) is 0 Å². The van der Waals surface area contributed by atoms with Crippen LogP contribution in [0.3, 0.4) is 0 Å². The number of rotatable bonds is 6. The molecule has 0 saturated heterocycles. The van der Waals surface area contributed by atoms with Crippen LogP contribution in [0.1, 0.15) is 19.5 Å². The molecule has 6 heteroatoms. The normalized spacial score (nSPS) is 10.3. The van der Waals surface area contributed by atoms with E-state index in [4.69, 9.17) is 9.47 Å². The molecule has 0 aromatic carbocycles. The van der Waals surface area contributed by atoms with Gasteiger partial charge in [0.25, 0.3) is 0 Å². The molecule has 0 spiro atoms. The van der Waals surface area contributed by atoms with Crippen LogP contribution >= 0.6 is 11.3 Å². The van der Waals surface area contributed by atoms with Gasteiger partial charge in [-0.05, 0) is 6.42 Å². The number of carbonyl (C=O) groups excluding carboxylic acids is 2. The van der Waals surface area contributed by atoms with E-state index in [-0.39, 0.29) is 31.1 Å². The fourth-order valence-electron chi connectivity index (χ4n) is 1.27. The molecular formula is C11H15NO4S. The number of thiazole rings is 1. The SMILES string of the molecule is CC(=O)OCC(COC(C)=O)Cc1cscn1. The Hall–Kier alpha value is -1.43. The minimum atomic E-state index is -0.337. The van der Waals surface area contributed by atoms with Gasteiger partial charge >= 0.3 is 11.9 Å². The minimum Gasteiger partial charge on any atom is -0.465 e. The highest BCUT2D eigenvalue weighted by Gasteiger charge is 2.14. The van der Waals surface area contributed by atoms with Crippen molar-refractivity contribution in [1.82, 2.24) is 4.98 Å². The Kier molecular flexibility index (Phi) is 5.62. The fraction of sp³-hybridized carbons (Fsp3) is 0.545. The van der Waals surface area contributed by atoms with Crippen LogP contribution in [0.4, 0.5) is 0 Å². The van der Waals surface area contributed by atoms with E-state index in [0.717, 1.165) is 5.69 Å². The minimum absolute atomic E-state index is 0.0510. The van der Waals surface area contributed by atoms with Crippen molar-refractivity contribution in [3.05, 3.63) is 16.6 Å². The van der Waals surface area contributed by atoms with Gasteiger partial charge in [-0.15, -0.1) is 11.3 Å². The second kappa shape index (κ2) is 7.01. The molecule has 17 heavy (non-hydrogen) atoms. The Balaban J connectivity index is 2.45. The van der Waals surface area contributed by atoms with Gasteiger partial charge in [0.05, 0.1) is 24.4 Å². The average molecular weight is 257 g/mol. The Morgan fingerprint density at radius 2 is 1.88 bits per heavy atom. The summed E-state index contributed by atoms with van der Waals surface area (Å²) in [4.78, 5) is 25.6. The molecule has 1 rings (SSSR count). The zero-order chi connectivity index (χ0) is 12.7. The van der Waals surface area contributed by atoms with E-state index >= 15 is 0 Å². The van der Waals surface area contributed by atoms with Crippen molar-refractivity contribution in [3.8, 4) is 0 Å². The molecule has 0 atom stereocenters. The van der Waals surface area contributed by atoms with E-state index in [9.17, 15) is 9.59 Å². The van der Waals surface area contributed by atoms with E-state index in [1.54, 1.807) is 5.51 Å². The Morgan fingerprint density at radius 3 is 2.29 bits per heavy atom. The molecule has 0 N–H and O–H groups in total. The first-order valence-corrected chi connectivity index (χ1v) is 6.16. The first-order valence-electron chi connectivity index (χ1n) is 5.21. The van der Waals surface area contributed by atoms with Crippen LogP contribution in [0.25, 0.3) is 0 Å². The van der Waals surface area contributed by atoms with Crippen LogP contribution in [-0.2, 0) is 25.5 Å². The quantitative estimate of drug-likeness (QED) is 0.721. The van der Waals surface area contributed by atoms with Crippen molar-refractivity contribution in [2.45, 2.75) is 20.3 Å². The molecule has 0 fully saturated rings. The molecule has 5 nitrogen and oxygen atoms in total. The number of aromatic nitrogens is 1. The van der Waals surface area contributed by atoms with Gasteiger partial charge in [-0.2, -0.15) is 0 Å². The van der Waals surface area contributed by atoms with Crippen molar-refractivity contribution >= 4 is 23.3 Å². The van der Waals surface area contributed by atoms with Crippen molar-refractivity contribution in [2.24, 2.45) is 5.92 Å². The van der Waals surface area contributed by atoms with E-state index in [1.165, 1.54) is 25.2 Å². The topological polar surface area (TPSA) is 65.5 Å². The molecule has 1 aromatic rings. The summed E-state index contributed by atoms with van der Waals surface area (Å²) in [5, 5.41) is 1.93. The van der Waals surface area contributed by atoms with Crippen LogP contribution in [0.15, 0.2) is 10.9 Å². The highest BCUT2D eigenvalue weighted by Crippen LogP contribution is 2.10. The summed E-state index contributed by atoms with van der Waals surface area (Å²) in [6.07, 6.45) is 0.629. The van der Waals surface area contributed by atoms with E-state index in [2.05, 4.69) is 4.98 Å². The molecule has 0 aliphatic carbocycles. The lowest BCUT2D eigenvalue weighted by molar-refractivity contribution is -0.146. The van der Waals surface area contributed by atoms with E-state index < -0.39 is 0 Å². The van der Waals surface area contributed by atoms with Gasteiger partial charge < -0.3 is 9.47 Å². The van der Waals surface area contributed by atoms with Crippen molar-refractivity contribution in [1.29, 1.82) is 0 Å². The number of esters is 2. The first-order chi connectivity index (χ1) is 8.08. The maximum atomic E-state index is 10.7. The summed E-state index contributed by atoms with van der Waals surface area (Å²) in [6, 6.07) is 0. The zero-order valence-electron chi connectivity index (χ0n) is 9.84. The molecular weight excluding hydrogens is 242 g/mol. The monoisotopic (exact) mass is 257 g/mol. The molecule has 1 aromatic heterocycles. The molecule has 94 valence electrons. The smallest absolute Gasteiger partial charge is 0.302 e. The summed E-state index contributed by atoms with van der Waals surface area (Å²) in [5.74, 6) is -0.725. The Labute approximate surface area is 104 Å². The van der Waals surface area contributed by atoms with Gasteiger partial charge in [-0.3, -0.25) is 9.59 Å². The number of carbonyl (C=O) groups is 2. The Bertz CT molecular complexity index is 346. The lowest BCUT2D eigenvalue weighted by Crippen LogP contribution is -2.21. The third-order valence-corrected chi connectivity index (χ3v) is 2.66.